The lowest BCUT2D eigenvalue weighted by Gasteiger charge is -2.12. The number of para-hydroxylation sites is 1. The highest BCUT2D eigenvalue weighted by atomic mass is 16.5. The van der Waals surface area contributed by atoms with Crippen LogP contribution in [0.4, 0.5) is 0 Å². The first-order valence-corrected chi connectivity index (χ1v) is 6.02. The van der Waals surface area contributed by atoms with Crippen LogP contribution in [0.15, 0.2) is 30.6 Å². The van der Waals surface area contributed by atoms with Gasteiger partial charge in [-0.25, -0.2) is 9.97 Å². The van der Waals surface area contributed by atoms with Crippen LogP contribution in [0.1, 0.15) is 11.1 Å². The van der Waals surface area contributed by atoms with Crippen molar-refractivity contribution in [1.29, 1.82) is 0 Å². The Morgan fingerprint density at radius 3 is 2.63 bits per heavy atom. The third-order valence-corrected chi connectivity index (χ3v) is 2.73. The van der Waals surface area contributed by atoms with Gasteiger partial charge in [0.2, 0.25) is 11.8 Å². The third-order valence-electron chi connectivity index (χ3n) is 2.73. The van der Waals surface area contributed by atoms with Crippen molar-refractivity contribution in [1.82, 2.24) is 15.3 Å². The lowest BCUT2D eigenvalue weighted by atomic mass is 10.2. The number of benzene rings is 1. The maximum Gasteiger partial charge on any atom is 0.229 e. The van der Waals surface area contributed by atoms with Crippen molar-refractivity contribution < 1.29 is 9.47 Å². The quantitative estimate of drug-likeness (QED) is 0.893. The molecule has 100 valence electrons. The van der Waals surface area contributed by atoms with Gasteiger partial charge in [0.25, 0.3) is 0 Å². The first-order valence-electron chi connectivity index (χ1n) is 6.02. The summed E-state index contributed by atoms with van der Waals surface area (Å²) in [5.41, 5.74) is 1.85. The Balaban J connectivity index is 2.31. The van der Waals surface area contributed by atoms with Crippen LogP contribution < -0.4 is 14.8 Å². The third kappa shape index (κ3) is 3.00. The van der Waals surface area contributed by atoms with Crippen molar-refractivity contribution >= 4 is 0 Å². The van der Waals surface area contributed by atoms with Gasteiger partial charge in [-0.3, -0.25) is 0 Å². The molecule has 0 saturated carbocycles. The normalized spacial score (nSPS) is 10.3. The summed E-state index contributed by atoms with van der Waals surface area (Å²) in [7, 11) is 3.48. The van der Waals surface area contributed by atoms with Gasteiger partial charge in [-0.05, 0) is 20.0 Å². The molecule has 0 saturated heterocycles. The number of hydrogen-bond donors (Lipinski definition) is 1. The number of hydrogen-bond acceptors (Lipinski definition) is 5. The second-order valence-corrected chi connectivity index (χ2v) is 4.05. The van der Waals surface area contributed by atoms with Gasteiger partial charge in [0, 0.05) is 12.1 Å². The predicted octanol–water partition coefficient (Wildman–Crippen LogP) is 2.31. The van der Waals surface area contributed by atoms with E-state index in [4.69, 9.17) is 9.47 Å². The average molecular weight is 259 g/mol. The van der Waals surface area contributed by atoms with Crippen LogP contribution >= 0.6 is 0 Å². The number of nitrogens with one attached hydrogen (secondary N) is 1. The van der Waals surface area contributed by atoms with E-state index in [1.165, 1.54) is 6.33 Å². The molecule has 0 unspecified atom stereocenters. The zero-order chi connectivity index (χ0) is 13.7. The zero-order valence-corrected chi connectivity index (χ0v) is 11.3. The molecule has 2 rings (SSSR count). The van der Waals surface area contributed by atoms with Crippen LogP contribution in [-0.4, -0.2) is 24.1 Å². The van der Waals surface area contributed by atoms with E-state index in [0.717, 1.165) is 23.4 Å². The SMILES string of the molecule is CNCc1ccccc1Oc1ncnc(OC)c1C. The van der Waals surface area contributed by atoms with Crippen LogP contribution in [0.5, 0.6) is 17.5 Å². The topological polar surface area (TPSA) is 56.3 Å². The number of nitrogens with zero attached hydrogens (tertiary/aromatic N) is 2. The monoisotopic (exact) mass is 259 g/mol. The smallest absolute Gasteiger partial charge is 0.229 e. The Bertz CT molecular complexity index is 558. The molecule has 0 aliphatic rings. The summed E-state index contributed by atoms with van der Waals surface area (Å²) in [6, 6.07) is 7.84. The highest BCUT2D eigenvalue weighted by molar-refractivity contribution is 5.40. The van der Waals surface area contributed by atoms with Crippen molar-refractivity contribution in [3.8, 4) is 17.5 Å². The summed E-state index contributed by atoms with van der Waals surface area (Å²) in [6.45, 7) is 2.60. The summed E-state index contributed by atoms with van der Waals surface area (Å²) >= 11 is 0. The molecular formula is C14H17N3O2. The van der Waals surface area contributed by atoms with Crippen LogP contribution in [-0.2, 0) is 6.54 Å². The van der Waals surface area contributed by atoms with Gasteiger partial charge >= 0.3 is 0 Å². The number of rotatable bonds is 5. The van der Waals surface area contributed by atoms with E-state index in [9.17, 15) is 0 Å². The van der Waals surface area contributed by atoms with E-state index in [1.807, 2.05) is 38.2 Å². The van der Waals surface area contributed by atoms with E-state index in [2.05, 4.69) is 15.3 Å². The van der Waals surface area contributed by atoms with Gasteiger partial charge in [0.15, 0.2) is 0 Å². The second-order valence-electron chi connectivity index (χ2n) is 4.05. The number of ether oxygens (including phenoxy) is 2. The van der Waals surface area contributed by atoms with Crippen molar-refractivity contribution in [2.24, 2.45) is 0 Å². The molecule has 0 fully saturated rings. The second kappa shape index (κ2) is 6.15. The van der Waals surface area contributed by atoms with E-state index < -0.39 is 0 Å². The average Bonchev–Trinajstić information content (AvgIpc) is 2.43. The van der Waals surface area contributed by atoms with Gasteiger partial charge in [-0.1, -0.05) is 18.2 Å². The molecule has 5 nitrogen and oxygen atoms in total. The predicted molar refractivity (Wildman–Crippen MR) is 72.6 cm³/mol. The number of methoxy groups -OCH3 is 1. The Morgan fingerprint density at radius 2 is 1.89 bits per heavy atom. The van der Waals surface area contributed by atoms with E-state index in [0.29, 0.717) is 11.8 Å². The van der Waals surface area contributed by atoms with E-state index in [-0.39, 0.29) is 0 Å². The zero-order valence-electron chi connectivity index (χ0n) is 11.3. The molecule has 1 N–H and O–H groups in total. The molecule has 0 spiro atoms. The van der Waals surface area contributed by atoms with Gasteiger partial charge < -0.3 is 14.8 Å². The van der Waals surface area contributed by atoms with Crippen molar-refractivity contribution in [3.05, 3.63) is 41.7 Å². The van der Waals surface area contributed by atoms with E-state index >= 15 is 0 Å². The fraction of sp³-hybridized carbons (Fsp3) is 0.286. The number of aromatic nitrogens is 2. The minimum absolute atomic E-state index is 0.510. The van der Waals surface area contributed by atoms with E-state index in [1.54, 1.807) is 7.11 Å². The van der Waals surface area contributed by atoms with Crippen molar-refractivity contribution in [2.45, 2.75) is 13.5 Å². The minimum Gasteiger partial charge on any atom is -0.481 e. The summed E-state index contributed by atoms with van der Waals surface area (Å²) in [5.74, 6) is 1.81. The first kappa shape index (κ1) is 13.3. The lowest BCUT2D eigenvalue weighted by Crippen LogP contribution is -2.06. The summed E-state index contributed by atoms with van der Waals surface area (Å²) in [4.78, 5) is 8.18. The fourth-order valence-electron chi connectivity index (χ4n) is 1.77. The maximum absolute atomic E-state index is 5.86. The van der Waals surface area contributed by atoms with Crippen molar-refractivity contribution in [2.75, 3.05) is 14.2 Å². The Kier molecular flexibility index (Phi) is 4.30. The Hall–Kier alpha value is -2.14. The van der Waals surface area contributed by atoms with Gasteiger partial charge in [0.05, 0.1) is 12.7 Å². The molecule has 19 heavy (non-hydrogen) atoms. The Morgan fingerprint density at radius 1 is 1.16 bits per heavy atom. The highest BCUT2D eigenvalue weighted by Crippen LogP contribution is 2.29. The standard InChI is InChI=1S/C14H17N3O2/c1-10-13(18-3)16-9-17-14(10)19-12-7-5-4-6-11(12)8-15-2/h4-7,9,15H,8H2,1-3H3. The van der Waals surface area contributed by atoms with Gasteiger partial charge in [-0.2, -0.15) is 0 Å². The summed E-state index contributed by atoms with van der Waals surface area (Å²) in [6.07, 6.45) is 1.43. The molecule has 1 aromatic carbocycles. The lowest BCUT2D eigenvalue weighted by molar-refractivity contribution is 0.382. The van der Waals surface area contributed by atoms with Gasteiger partial charge in [0.1, 0.15) is 12.1 Å². The Labute approximate surface area is 112 Å². The molecule has 0 bridgehead atoms. The largest absolute Gasteiger partial charge is 0.481 e. The summed E-state index contributed by atoms with van der Waals surface area (Å²) < 4.78 is 11.0. The van der Waals surface area contributed by atoms with Crippen LogP contribution in [0.3, 0.4) is 0 Å². The van der Waals surface area contributed by atoms with Crippen LogP contribution in [0, 0.1) is 6.92 Å². The minimum atomic E-state index is 0.510. The molecule has 0 radical (unpaired) electrons. The fourth-order valence-corrected chi connectivity index (χ4v) is 1.77. The van der Waals surface area contributed by atoms with Crippen molar-refractivity contribution in [3.63, 3.8) is 0 Å². The molecule has 5 heteroatoms. The maximum atomic E-state index is 5.86. The molecule has 0 aliphatic carbocycles. The highest BCUT2D eigenvalue weighted by Gasteiger charge is 2.11. The molecule has 1 heterocycles. The first-order chi connectivity index (χ1) is 9.26. The molecule has 1 aromatic heterocycles. The molecule has 0 amide bonds. The van der Waals surface area contributed by atoms with Crippen LogP contribution in [0.2, 0.25) is 0 Å². The molecule has 0 atom stereocenters. The van der Waals surface area contributed by atoms with Crippen LogP contribution in [0.25, 0.3) is 0 Å². The summed E-state index contributed by atoms with van der Waals surface area (Å²) in [5, 5.41) is 3.11. The molecule has 0 aliphatic heterocycles. The molecular weight excluding hydrogens is 242 g/mol. The molecule has 2 aromatic rings. The van der Waals surface area contributed by atoms with Gasteiger partial charge in [-0.15, -0.1) is 0 Å².